The molecule has 0 amide bonds. The first-order valence-corrected chi connectivity index (χ1v) is 4.94. The van der Waals surface area contributed by atoms with Gasteiger partial charge in [0.15, 0.2) is 0 Å². The molecule has 1 aromatic heterocycles. The monoisotopic (exact) mass is 194 g/mol. The van der Waals surface area contributed by atoms with Gasteiger partial charge in [0, 0.05) is 24.5 Å². The predicted octanol–water partition coefficient (Wildman–Crippen LogP) is 1.32. The molecule has 0 aromatic carbocycles. The van der Waals surface area contributed by atoms with Gasteiger partial charge >= 0.3 is 0 Å². The highest BCUT2D eigenvalue weighted by Crippen LogP contribution is 2.10. The minimum absolute atomic E-state index is 0.112. The van der Waals surface area contributed by atoms with Crippen molar-refractivity contribution >= 4 is 5.82 Å². The lowest BCUT2D eigenvalue weighted by molar-refractivity contribution is 0.576. The minimum atomic E-state index is 0.112. The Morgan fingerprint density at radius 2 is 2.07 bits per heavy atom. The Morgan fingerprint density at radius 1 is 1.43 bits per heavy atom. The van der Waals surface area contributed by atoms with E-state index < -0.39 is 0 Å². The quantitative estimate of drug-likeness (QED) is 0.758. The van der Waals surface area contributed by atoms with Crippen LogP contribution in [0.15, 0.2) is 12.4 Å². The molecule has 4 nitrogen and oxygen atoms in total. The Balaban J connectivity index is 2.72. The summed E-state index contributed by atoms with van der Waals surface area (Å²) in [6.45, 7) is 6.03. The van der Waals surface area contributed by atoms with Crippen LogP contribution in [0.2, 0.25) is 0 Å². The second-order valence-corrected chi connectivity index (χ2v) is 3.51. The molecule has 2 atom stereocenters. The van der Waals surface area contributed by atoms with Gasteiger partial charge in [-0.3, -0.25) is 4.98 Å². The Morgan fingerprint density at radius 3 is 2.57 bits per heavy atom. The molecule has 0 aliphatic carbocycles. The van der Waals surface area contributed by atoms with Crippen molar-refractivity contribution in [3.63, 3.8) is 0 Å². The number of aromatic nitrogens is 2. The summed E-state index contributed by atoms with van der Waals surface area (Å²) in [5.41, 5.74) is 6.74. The Bertz CT molecular complexity index is 285. The lowest BCUT2D eigenvalue weighted by atomic mass is 10.1. The summed E-state index contributed by atoms with van der Waals surface area (Å²) < 4.78 is 0. The first-order valence-electron chi connectivity index (χ1n) is 4.94. The van der Waals surface area contributed by atoms with E-state index in [1.165, 1.54) is 0 Å². The molecule has 0 saturated carbocycles. The van der Waals surface area contributed by atoms with Crippen molar-refractivity contribution in [1.29, 1.82) is 0 Å². The summed E-state index contributed by atoms with van der Waals surface area (Å²) in [4.78, 5) is 8.38. The Hall–Kier alpha value is -1.16. The first-order chi connectivity index (χ1) is 6.65. The van der Waals surface area contributed by atoms with Crippen molar-refractivity contribution < 1.29 is 0 Å². The molecule has 3 N–H and O–H groups in total. The maximum absolute atomic E-state index is 5.83. The van der Waals surface area contributed by atoms with E-state index in [1.807, 2.05) is 13.8 Å². The average molecular weight is 194 g/mol. The smallest absolute Gasteiger partial charge is 0.147 e. The van der Waals surface area contributed by atoms with Crippen LogP contribution in [0.25, 0.3) is 0 Å². The zero-order chi connectivity index (χ0) is 10.6. The van der Waals surface area contributed by atoms with Gasteiger partial charge < -0.3 is 11.1 Å². The number of nitrogens with zero attached hydrogens (tertiary/aromatic N) is 2. The van der Waals surface area contributed by atoms with Crippen LogP contribution >= 0.6 is 0 Å². The molecule has 78 valence electrons. The third-order valence-corrected chi connectivity index (χ3v) is 2.28. The van der Waals surface area contributed by atoms with Crippen molar-refractivity contribution in [3.8, 4) is 0 Å². The number of hydrogen-bond donors (Lipinski definition) is 2. The van der Waals surface area contributed by atoms with Gasteiger partial charge in [0.2, 0.25) is 0 Å². The van der Waals surface area contributed by atoms with Crippen molar-refractivity contribution in [3.05, 3.63) is 18.1 Å². The number of rotatable bonds is 4. The second-order valence-electron chi connectivity index (χ2n) is 3.51. The van der Waals surface area contributed by atoms with E-state index in [9.17, 15) is 0 Å². The van der Waals surface area contributed by atoms with Gasteiger partial charge in [-0.25, -0.2) is 4.98 Å². The summed E-state index contributed by atoms with van der Waals surface area (Å²) in [6, 6.07) is 0.367. The van der Waals surface area contributed by atoms with Crippen molar-refractivity contribution in [2.75, 3.05) is 5.32 Å². The van der Waals surface area contributed by atoms with E-state index >= 15 is 0 Å². The summed E-state index contributed by atoms with van der Waals surface area (Å²) in [6.07, 6.45) is 4.35. The van der Waals surface area contributed by atoms with Gasteiger partial charge in [-0.05, 0) is 20.3 Å². The van der Waals surface area contributed by atoms with Crippen LogP contribution in [0.1, 0.15) is 26.0 Å². The van der Waals surface area contributed by atoms with E-state index in [-0.39, 0.29) is 12.1 Å². The van der Waals surface area contributed by atoms with E-state index in [0.717, 1.165) is 17.9 Å². The molecule has 0 aliphatic rings. The number of hydrogen-bond acceptors (Lipinski definition) is 4. The second kappa shape index (κ2) is 4.91. The first kappa shape index (κ1) is 10.9. The van der Waals surface area contributed by atoms with Gasteiger partial charge in [-0.2, -0.15) is 0 Å². The van der Waals surface area contributed by atoms with E-state index in [4.69, 9.17) is 5.73 Å². The number of nitrogens with two attached hydrogens (primary N) is 1. The van der Waals surface area contributed by atoms with Crippen LogP contribution in [-0.2, 0) is 0 Å². The highest BCUT2D eigenvalue weighted by atomic mass is 15.1. The molecule has 1 heterocycles. The van der Waals surface area contributed by atoms with Gasteiger partial charge in [0.1, 0.15) is 5.82 Å². The van der Waals surface area contributed by atoms with E-state index in [2.05, 4.69) is 22.2 Å². The molecule has 2 unspecified atom stereocenters. The van der Waals surface area contributed by atoms with Crippen LogP contribution in [0, 0.1) is 6.92 Å². The fourth-order valence-corrected chi connectivity index (χ4v) is 1.33. The average Bonchev–Trinajstić information content (AvgIpc) is 2.16. The molecule has 0 bridgehead atoms. The number of aryl methyl sites for hydroxylation is 1. The van der Waals surface area contributed by atoms with Crippen LogP contribution in [0.5, 0.6) is 0 Å². The van der Waals surface area contributed by atoms with Gasteiger partial charge in [0.05, 0.1) is 5.69 Å². The molecule has 4 heteroatoms. The summed E-state index contributed by atoms with van der Waals surface area (Å²) in [5, 5.41) is 3.30. The highest BCUT2D eigenvalue weighted by Gasteiger charge is 2.12. The Kier molecular flexibility index (Phi) is 3.83. The number of anilines is 1. The lowest BCUT2D eigenvalue weighted by Crippen LogP contribution is -2.37. The molecule has 1 rings (SSSR count). The molecule has 0 aliphatic heterocycles. The van der Waals surface area contributed by atoms with E-state index in [1.54, 1.807) is 12.4 Å². The molecular formula is C10H18N4. The normalized spacial score (nSPS) is 14.9. The number of nitrogens with one attached hydrogen (secondary N) is 1. The predicted molar refractivity (Wildman–Crippen MR) is 58.1 cm³/mol. The molecule has 0 saturated heterocycles. The van der Waals surface area contributed by atoms with Crippen LogP contribution in [-0.4, -0.2) is 22.1 Å². The lowest BCUT2D eigenvalue weighted by Gasteiger charge is -2.21. The maximum Gasteiger partial charge on any atom is 0.147 e. The topological polar surface area (TPSA) is 63.8 Å². The van der Waals surface area contributed by atoms with Gasteiger partial charge in [0.25, 0.3) is 0 Å². The maximum atomic E-state index is 5.83. The fourth-order valence-electron chi connectivity index (χ4n) is 1.33. The molecule has 0 radical (unpaired) electrons. The van der Waals surface area contributed by atoms with Gasteiger partial charge in [-0.1, -0.05) is 6.92 Å². The molecular weight excluding hydrogens is 176 g/mol. The zero-order valence-electron chi connectivity index (χ0n) is 8.99. The summed E-state index contributed by atoms with van der Waals surface area (Å²) >= 11 is 0. The van der Waals surface area contributed by atoms with Crippen LogP contribution < -0.4 is 11.1 Å². The standard InChI is InChI=1S/C10H18N4/c1-4-9(7(2)11)14-10-8(3)12-5-6-13-10/h5-7,9H,4,11H2,1-3H3,(H,13,14). The summed E-state index contributed by atoms with van der Waals surface area (Å²) in [7, 11) is 0. The van der Waals surface area contributed by atoms with Crippen molar-refractivity contribution in [2.24, 2.45) is 5.73 Å². The molecule has 14 heavy (non-hydrogen) atoms. The zero-order valence-corrected chi connectivity index (χ0v) is 8.99. The van der Waals surface area contributed by atoms with Gasteiger partial charge in [-0.15, -0.1) is 0 Å². The third kappa shape index (κ3) is 2.67. The third-order valence-electron chi connectivity index (χ3n) is 2.28. The SMILES string of the molecule is CCC(Nc1nccnc1C)C(C)N. The molecule has 1 aromatic rings. The van der Waals surface area contributed by atoms with Crippen molar-refractivity contribution in [1.82, 2.24) is 9.97 Å². The minimum Gasteiger partial charge on any atom is -0.364 e. The highest BCUT2D eigenvalue weighted by molar-refractivity contribution is 5.39. The van der Waals surface area contributed by atoms with E-state index in [0.29, 0.717) is 0 Å². The van der Waals surface area contributed by atoms with Crippen LogP contribution in [0.3, 0.4) is 0 Å². The fraction of sp³-hybridized carbons (Fsp3) is 0.600. The Labute approximate surface area is 85.0 Å². The molecule has 0 fully saturated rings. The molecule has 0 spiro atoms. The van der Waals surface area contributed by atoms with Crippen LogP contribution in [0.4, 0.5) is 5.82 Å². The largest absolute Gasteiger partial charge is 0.364 e. The summed E-state index contributed by atoms with van der Waals surface area (Å²) in [5.74, 6) is 0.830. The van der Waals surface area contributed by atoms with Crippen molar-refractivity contribution in [2.45, 2.75) is 39.3 Å².